The number of unbranched alkanes of at least 4 members (excludes halogenated alkanes) is 1. The van der Waals surface area contributed by atoms with Gasteiger partial charge in [-0.3, -0.25) is 0 Å². The molecule has 92 valence electrons. The summed E-state index contributed by atoms with van der Waals surface area (Å²) in [5, 5.41) is 6.20. The summed E-state index contributed by atoms with van der Waals surface area (Å²) in [6.07, 6.45) is 2.51. The van der Waals surface area contributed by atoms with E-state index < -0.39 is 0 Å². The van der Waals surface area contributed by atoms with E-state index in [0.717, 1.165) is 13.1 Å². The molecule has 2 aromatic rings. The highest BCUT2D eigenvalue weighted by atomic mass is 35.5. The van der Waals surface area contributed by atoms with Gasteiger partial charge in [-0.15, -0.1) is 12.4 Å². The highest BCUT2D eigenvalue weighted by Crippen LogP contribution is 2.18. The largest absolute Gasteiger partial charge is 0.313 e. The molecule has 17 heavy (non-hydrogen) atoms. The van der Waals surface area contributed by atoms with Gasteiger partial charge in [0.1, 0.15) is 0 Å². The Bertz CT molecular complexity index is 448. The smallest absolute Gasteiger partial charge is 0.0211 e. The van der Waals surface area contributed by atoms with Crippen LogP contribution in [0.25, 0.3) is 10.8 Å². The number of nitrogens with one attached hydrogen (secondary N) is 1. The Morgan fingerprint density at radius 1 is 1.00 bits per heavy atom. The first kappa shape index (κ1) is 14.0. The minimum Gasteiger partial charge on any atom is -0.313 e. The number of hydrogen-bond acceptors (Lipinski definition) is 1. The molecule has 0 fully saturated rings. The summed E-state index contributed by atoms with van der Waals surface area (Å²) < 4.78 is 0. The van der Waals surface area contributed by atoms with E-state index in [-0.39, 0.29) is 12.4 Å². The van der Waals surface area contributed by atoms with Gasteiger partial charge in [-0.2, -0.15) is 0 Å². The molecule has 2 heteroatoms. The van der Waals surface area contributed by atoms with E-state index >= 15 is 0 Å². The molecule has 0 heterocycles. The highest BCUT2D eigenvalue weighted by Gasteiger charge is 1.98. The fraction of sp³-hybridized carbons (Fsp3) is 0.333. The van der Waals surface area contributed by atoms with Crippen molar-refractivity contribution in [3.8, 4) is 0 Å². The van der Waals surface area contributed by atoms with Gasteiger partial charge in [-0.25, -0.2) is 0 Å². The number of rotatable bonds is 5. The molecule has 0 atom stereocenters. The van der Waals surface area contributed by atoms with Crippen molar-refractivity contribution >= 4 is 23.2 Å². The van der Waals surface area contributed by atoms with E-state index in [1.54, 1.807) is 0 Å². The van der Waals surface area contributed by atoms with Gasteiger partial charge in [-0.1, -0.05) is 55.8 Å². The molecule has 0 saturated carbocycles. The normalized spacial score (nSPS) is 10.2. The van der Waals surface area contributed by atoms with E-state index in [4.69, 9.17) is 0 Å². The van der Waals surface area contributed by atoms with Crippen LogP contribution in [0.2, 0.25) is 0 Å². The molecule has 0 saturated heterocycles. The van der Waals surface area contributed by atoms with Crippen LogP contribution in [0, 0.1) is 0 Å². The molecule has 0 aromatic heterocycles. The van der Waals surface area contributed by atoms with Gasteiger partial charge >= 0.3 is 0 Å². The van der Waals surface area contributed by atoms with E-state index in [1.807, 2.05) is 0 Å². The summed E-state index contributed by atoms with van der Waals surface area (Å²) in [5.41, 5.74) is 1.40. The molecule has 0 aliphatic carbocycles. The Hall–Kier alpha value is -1.05. The Morgan fingerprint density at radius 3 is 2.59 bits per heavy atom. The minimum atomic E-state index is 0. The molecule has 1 nitrogen and oxygen atoms in total. The number of halogens is 1. The standard InChI is InChI=1S/C15H19N.ClH/c1-2-3-11-16-12-14-9-6-8-13-7-4-5-10-15(13)14;/h4-10,16H,2-3,11-12H2,1H3;1H. The van der Waals surface area contributed by atoms with Crippen molar-refractivity contribution in [2.45, 2.75) is 26.3 Å². The van der Waals surface area contributed by atoms with Crippen molar-refractivity contribution < 1.29 is 0 Å². The zero-order valence-electron chi connectivity index (χ0n) is 10.3. The maximum absolute atomic E-state index is 3.49. The van der Waals surface area contributed by atoms with Gasteiger partial charge < -0.3 is 5.32 Å². The first-order chi connectivity index (χ1) is 7.92. The number of hydrogen-bond donors (Lipinski definition) is 1. The Morgan fingerprint density at radius 2 is 1.76 bits per heavy atom. The number of benzene rings is 2. The molecule has 0 spiro atoms. The molecule has 2 aromatic carbocycles. The average Bonchev–Trinajstić information content (AvgIpc) is 2.35. The predicted molar refractivity (Wildman–Crippen MR) is 77.8 cm³/mol. The second-order valence-electron chi connectivity index (χ2n) is 4.17. The van der Waals surface area contributed by atoms with Crippen LogP contribution in [-0.4, -0.2) is 6.54 Å². The lowest BCUT2D eigenvalue weighted by Gasteiger charge is -2.07. The van der Waals surface area contributed by atoms with Crippen LogP contribution in [-0.2, 0) is 6.54 Å². The lowest BCUT2D eigenvalue weighted by molar-refractivity contribution is 0.643. The van der Waals surface area contributed by atoms with Crippen molar-refractivity contribution in [2.75, 3.05) is 6.54 Å². The van der Waals surface area contributed by atoms with Gasteiger partial charge in [0.25, 0.3) is 0 Å². The summed E-state index contributed by atoms with van der Waals surface area (Å²) >= 11 is 0. The zero-order chi connectivity index (χ0) is 11.2. The summed E-state index contributed by atoms with van der Waals surface area (Å²) in [5.74, 6) is 0. The van der Waals surface area contributed by atoms with Gasteiger partial charge in [0.2, 0.25) is 0 Å². The van der Waals surface area contributed by atoms with Crippen LogP contribution in [0.15, 0.2) is 42.5 Å². The van der Waals surface area contributed by atoms with Crippen LogP contribution < -0.4 is 5.32 Å². The van der Waals surface area contributed by atoms with Crippen LogP contribution in [0.4, 0.5) is 0 Å². The molecule has 0 amide bonds. The molecule has 0 aliphatic heterocycles. The first-order valence-corrected chi connectivity index (χ1v) is 6.09. The van der Waals surface area contributed by atoms with Crippen molar-refractivity contribution in [2.24, 2.45) is 0 Å². The zero-order valence-corrected chi connectivity index (χ0v) is 11.1. The fourth-order valence-corrected chi connectivity index (χ4v) is 1.97. The van der Waals surface area contributed by atoms with Crippen LogP contribution in [0.1, 0.15) is 25.3 Å². The number of fused-ring (bicyclic) bond motifs is 1. The molecule has 0 radical (unpaired) electrons. The summed E-state index contributed by atoms with van der Waals surface area (Å²) in [4.78, 5) is 0. The SMILES string of the molecule is CCCCNCc1cccc2ccccc12.Cl. The highest BCUT2D eigenvalue weighted by molar-refractivity contribution is 5.85. The molecule has 0 aliphatic rings. The summed E-state index contributed by atoms with van der Waals surface area (Å²) in [6.45, 7) is 4.31. The third kappa shape index (κ3) is 3.72. The van der Waals surface area contributed by atoms with E-state index in [0.29, 0.717) is 0 Å². The Kier molecular flexibility index (Phi) is 6.03. The fourth-order valence-electron chi connectivity index (χ4n) is 1.97. The maximum atomic E-state index is 3.49. The Balaban J connectivity index is 0.00000144. The van der Waals surface area contributed by atoms with Gasteiger partial charge in [0.05, 0.1) is 0 Å². The third-order valence-corrected chi connectivity index (χ3v) is 2.90. The van der Waals surface area contributed by atoms with Crippen molar-refractivity contribution in [1.29, 1.82) is 0 Å². The minimum absolute atomic E-state index is 0. The van der Waals surface area contributed by atoms with Crippen LogP contribution in [0.5, 0.6) is 0 Å². The van der Waals surface area contributed by atoms with E-state index in [1.165, 1.54) is 29.2 Å². The van der Waals surface area contributed by atoms with Crippen LogP contribution in [0.3, 0.4) is 0 Å². The molecular weight excluding hydrogens is 230 g/mol. The third-order valence-electron chi connectivity index (χ3n) is 2.90. The second kappa shape index (κ2) is 7.31. The first-order valence-electron chi connectivity index (χ1n) is 6.09. The van der Waals surface area contributed by atoms with E-state index in [2.05, 4.69) is 54.7 Å². The Labute approximate surface area is 110 Å². The lowest BCUT2D eigenvalue weighted by Crippen LogP contribution is -2.14. The lowest BCUT2D eigenvalue weighted by atomic mass is 10.0. The monoisotopic (exact) mass is 249 g/mol. The topological polar surface area (TPSA) is 12.0 Å². The maximum Gasteiger partial charge on any atom is 0.0211 e. The average molecular weight is 250 g/mol. The predicted octanol–water partition coefficient (Wildman–Crippen LogP) is 4.15. The second-order valence-corrected chi connectivity index (χ2v) is 4.17. The quantitative estimate of drug-likeness (QED) is 0.785. The van der Waals surface area contributed by atoms with Crippen molar-refractivity contribution in [1.82, 2.24) is 5.32 Å². The van der Waals surface area contributed by atoms with Crippen LogP contribution >= 0.6 is 12.4 Å². The summed E-state index contributed by atoms with van der Waals surface area (Å²) in [6, 6.07) is 15.1. The van der Waals surface area contributed by atoms with Crippen molar-refractivity contribution in [3.63, 3.8) is 0 Å². The summed E-state index contributed by atoms with van der Waals surface area (Å²) in [7, 11) is 0. The van der Waals surface area contributed by atoms with E-state index in [9.17, 15) is 0 Å². The molecular formula is C15H20ClN. The molecule has 2 rings (SSSR count). The molecule has 1 N–H and O–H groups in total. The molecule has 0 bridgehead atoms. The van der Waals surface area contributed by atoms with Crippen molar-refractivity contribution in [3.05, 3.63) is 48.0 Å². The van der Waals surface area contributed by atoms with Gasteiger partial charge in [0, 0.05) is 6.54 Å². The molecule has 0 unspecified atom stereocenters. The van der Waals surface area contributed by atoms with Gasteiger partial charge in [0.15, 0.2) is 0 Å². The van der Waals surface area contributed by atoms with Gasteiger partial charge in [-0.05, 0) is 29.3 Å².